The van der Waals surface area contributed by atoms with Gasteiger partial charge in [-0.05, 0) is 44.6 Å². The van der Waals surface area contributed by atoms with Crippen LogP contribution in [0.5, 0.6) is 0 Å². The van der Waals surface area contributed by atoms with Crippen molar-refractivity contribution in [1.29, 1.82) is 0 Å². The summed E-state index contributed by atoms with van der Waals surface area (Å²) < 4.78 is 0. The highest BCUT2D eigenvalue weighted by molar-refractivity contribution is 5.18. The molecule has 0 aromatic rings. The van der Waals surface area contributed by atoms with Crippen LogP contribution >= 0.6 is 0 Å². The summed E-state index contributed by atoms with van der Waals surface area (Å²) in [4.78, 5) is 5.09. The maximum Gasteiger partial charge on any atom is 0.109 e. The quantitative estimate of drug-likeness (QED) is 0.719. The topological polar surface area (TPSA) is 33.3 Å². The second-order valence-electron chi connectivity index (χ2n) is 5.81. The summed E-state index contributed by atoms with van der Waals surface area (Å²) in [5.74, 6) is 0.690. The predicted octanol–water partition coefficient (Wildman–Crippen LogP) is 2.27. The van der Waals surface area contributed by atoms with Gasteiger partial charge in [-0.1, -0.05) is 18.6 Å². The number of nitrogens with one attached hydrogen (secondary N) is 2. The second-order valence-corrected chi connectivity index (χ2v) is 5.81. The van der Waals surface area contributed by atoms with E-state index >= 15 is 0 Å². The first-order valence-electron chi connectivity index (χ1n) is 6.81. The molecule has 4 unspecified atom stereocenters. The van der Waals surface area contributed by atoms with Crippen LogP contribution in [0.4, 0.5) is 0 Å². The van der Waals surface area contributed by atoms with Gasteiger partial charge in [-0.3, -0.25) is 0 Å². The Hall–Kier alpha value is -0.800. The fourth-order valence-electron chi connectivity index (χ4n) is 3.23. The Morgan fingerprint density at radius 1 is 1.29 bits per heavy atom. The van der Waals surface area contributed by atoms with Crippen molar-refractivity contribution in [2.75, 3.05) is 0 Å². The van der Waals surface area contributed by atoms with Gasteiger partial charge in [-0.25, -0.2) is 0 Å². The zero-order valence-corrected chi connectivity index (χ0v) is 10.5. The maximum absolute atomic E-state index is 5.09. The van der Waals surface area contributed by atoms with Gasteiger partial charge in [0.05, 0.1) is 5.54 Å². The first-order chi connectivity index (χ1) is 8.25. The molecule has 0 amide bonds. The predicted molar refractivity (Wildman–Crippen MR) is 68.2 cm³/mol. The lowest BCUT2D eigenvalue weighted by atomic mass is 9.88. The Balaban J connectivity index is 1.67. The van der Waals surface area contributed by atoms with Gasteiger partial charge < -0.3 is 10.2 Å². The molecule has 3 aliphatic heterocycles. The van der Waals surface area contributed by atoms with Crippen LogP contribution in [0.15, 0.2) is 24.5 Å². The smallest absolute Gasteiger partial charge is 0.109 e. The van der Waals surface area contributed by atoms with Crippen molar-refractivity contribution in [1.82, 2.24) is 10.8 Å². The summed E-state index contributed by atoms with van der Waals surface area (Å²) >= 11 is 0. The zero-order chi connectivity index (χ0) is 11.7. The molecule has 3 heterocycles. The summed E-state index contributed by atoms with van der Waals surface area (Å²) in [6, 6.07) is 1.50. The molecule has 4 atom stereocenters. The van der Waals surface area contributed by atoms with Crippen molar-refractivity contribution in [2.24, 2.45) is 5.92 Å². The summed E-state index contributed by atoms with van der Waals surface area (Å²) in [6.07, 6.45) is 15.2. The van der Waals surface area contributed by atoms with E-state index in [9.17, 15) is 0 Å². The Morgan fingerprint density at radius 2 is 2.24 bits per heavy atom. The van der Waals surface area contributed by atoms with Crippen LogP contribution in [-0.2, 0) is 4.84 Å². The molecular weight excluding hydrogens is 212 g/mol. The molecule has 2 saturated heterocycles. The van der Waals surface area contributed by atoms with Crippen LogP contribution in [0, 0.1) is 5.92 Å². The minimum absolute atomic E-state index is 0.121. The van der Waals surface area contributed by atoms with E-state index in [4.69, 9.17) is 4.84 Å². The van der Waals surface area contributed by atoms with E-state index in [-0.39, 0.29) is 5.54 Å². The molecule has 2 fully saturated rings. The number of fused-ring (bicyclic) bond motifs is 2. The standard InChI is InChI=1S/C14H22N2O/c1-14(9-10-17-16-14)8-7-11-3-2-4-12-5-6-13(11)15-12/h7-13,15-16H,2-6H2,1H3/b8-7-. The third kappa shape index (κ3) is 2.40. The molecule has 94 valence electrons. The highest BCUT2D eigenvalue weighted by Crippen LogP contribution is 2.31. The Morgan fingerprint density at radius 3 is 3.06 bits per heavy atom. The molecule has 0 aromatic carbocycles. The molecule has 0 aromatic heterocycles. The van der Waals surface area contributed by atoms with Gasteiger partial charge in [0.15, 0.2) is 0 Å². The normalized spacial score (nSPS) is 45.1. The minimum Gasteiger partial charge on any atom is -0.416 e. The van der Waals surface area contributed by atoms with Crippen LogP contribution in [-0.4, -0.2) is 17.6 Å². The first kappa shape index (κ1) is 11.3. The van der Waals surface area contributed by atoms with Crippen molar-refractivity contribution in [3.8, 4) is 0 Å². The van der Waals surface area contributed by atoms with Gasteiger partial charge in [0.1, 0.15) is 6.26 Å². The van der Waals surface area contributed by atoms with Gasteiger partial charge >= 0.3 is 0 Å². The van der Waals surface area contributed by atoms with E-state index in [1.807, 2.05) is 0 Å². The van der Waals surface area contributed by atoms with E-state index in [1.165, 1.54) is 32.1 Å². The molecule has 0 radical (unpaired) electrons. The molecule has 3 rings (SSSR count). The SMILES string of the molecule is CC1(/C=C\C2CCCC3CCC2N3)C=CON1. The molecule has 0 aliphatic carbocycles. The number of hydroxylamine groups is 1. The largest absolute Gasteiger partial charge is 0.416 e. The van der Waals surface area contributed by atoms with Crippen LogP contribution in [0.3, 0.4) is 0 Å². The van der Waals surface area contributed by atoms with Crippen molar-refractivity contribution >= 4 is 0 Å². The molecule has 17 heavy (non-hydrogen) atoms. The van der Waals surface area contributed by atoms with Crippen molar-refractivity contribution in [3.05, 3.63) is 24.5 Å². The minimum atomic E-state index is -0.121. The molecule has 3 aliphatic rings. The molecular formula is C14H22N2O. The third-order valence-corrected chi connectivity index (χ3v) is 4.33. The highest BCUT2D eigenvalue weighted by atomic mass is 16.6. The summed E-state index contributed by atoms with van der Waals surface area (Å²) in [5.41, 5.74) is 2.89. The van der Waals surface area contributed by atoms with Gasteiger partial charge in [0, 0.05) is 12.1 Å². The highest BCUT2D eigenvalue weighted by Gasteiger charge is 2.32. The first-order valence-corrected chi connectivity index (χ1v) is 6.81. The van der Waals surface area contributed by atoms with Crippen LogP contribution in [0.1, 0.15) is 39.0 Å². The van der Waals surface area contributed by atoms with Crippen LogP contribution in [0.2, 0.25) is 0 Å². The molecule has 2 bridgehead atoms. The molecule has 3 heteroatoms. The molecule has 0 saturated carbocycles. The van der Waals surface area contributed by atoms with E-state index in [0.717, 1.165) is 6.04 Å². The molecule has 0 spiro atoms. The maximum atomic E-state index is 5.09. The Labute approximate surface area is 103 Å². The summed E-state index contributed by atoms with van der Waals surface area (Å²) in [6.45, 7) is 2.13. The summed E-state index contributed by atoms with van der Waals surface area (Å²) in [5, 5.41) is 3.77. The fraction of sp³-hybridized carbons (Fsp3) is 0.714. The number of hydrogen-bond donors (Lipinski definition) is 2. The Kier molecular flexibility index (Phi) is 2.97. The fourth-order valence-corrected chi connectivity index (χ4v) is 3.23. The number of rotatable bonds is 2. The van der Waals surface area contributed by atoms with Gasteiger partial charge in [-0.2, -0.15) is 0 Å². The average Bonchev–Trinajstić information content (AvgIpc) is 2.86. The van der Waals surface area contributed by atoms with Gasteiger partial charge in [0.25, 0.3) is 0 Å². The van der Waals surface area contributed by atoms with Crippen molar-refractivity contribution in [2.45, 2.75) is 56.7 Å². The number of hydrogen-bond acceptors (Lipinski definition) is 3. The molecule has 3 nitrogen and oxygen atoms in total. The monoisotopic (exact) mass is 234 g/mol. The van der Waals surface area contributed by atoms with Crippen molar-refractivity contribution < 1.29 is 4.84 Å². The van der Waals surface area contributed by atoms with E-state index in [1.54, 1.807) is 6.26 Å². The second kappa shape index (κ2) is 4.46. The van der Waals surface area contributed by atoms with E-state index in [0.29, 0.717) is 12.0 Å². The lowest BCUT2D eigenvalue weighted by Gasteiger charge is -2.21. The Bertz CT molecular complexity index is 339. The lowest BCUT2D eigenvalue weighted by Crippen LogP contribution is -2.35. The van der Waals surface area contributed by atoms with Crippen LogP contribution in [0.25, 0.3) is 0 Å². The van der Waals surface area contributed by atoms with Gasteiger partial charge in [-0.15, -0.1) is 5.48 Å². The van der Waals surface area contributed by atoms with Crippen molar-refractivity contribution in [3.63, 3.8) is 0 Å². The molecule has 2 N–H and O–H groups in total. The van der Waals surface area contributed by atoms with Crippen LogP contribution < -0.4 is 10.8 Å². The average molecular weight is 234 g/mol. The summed E-state index contributed by atoms with van der Waals surface area (Å²) in [7, 11) is 0. The van der Waals surface area contributed by atoms with E-state index < -0.39 is 0 Å². The van der Waals surface area contributed by atoms with Gasteiger partial charge in [0.2, 0.25) is 0 Å². The zero-order valence-electron chi connectivity index (χ0n) is 10.5. The lowest BCUT2D eigenvalue weighted by molar-refractivity contribution is 0.123. The van der Waals surface area contributed by atoms with E-state index in [2.05, 4.69) is 35.9 Å². The third-order valence-electron chi connectivity index (χ3n) is 4.33.